The number of carbonyl (C=O) groups excluding carboxylic acids is 3. The summed E-state index contributed by atoms with van der Waals surface area (Å²) in [6, 6.07) is 10.9. The number of amides is 3. The highest BCUT2D eigenvalue weighted by Gasteiger charge is 2.36. The van der Waals surface area contributed by atoms with Crippen molar-refractivity contribution in [2.45, 2.75) is 45.5 Å². The van der Waals surface area contributed by atoms with Crippen molar-refractivity contribution in [2.24, 2.45) is 5.92 Å². The van der Waals surface area contributed by atoms with Crippen molar-refractivity contribution in [2.75, 3.05) is 26.3 Å². The molecule has 3 aliphatic rings. The van der Waals surface area contributed by atoms with Crippen LogP contribution in [0.5, 0.6) is 5.75 Å². The van der Waals surface area contributed by atoms with Gasteiger partial charge < -0.3 is 14.4 Å². The molecule has 0 unspecified atom stereocenters. The van der Waals surface area contributed by atoms with Crippen molar-refractivity contribution in [1.29, 1.82) is 0 Å². The summed E-state index contributed by atoms with van der Waals surface area (Å²) >= 11 is 0. The molecule has 3 amide bonds. The number of nitrogens with zero attached hydrogens (tertiary/aromatic N) is 2. The second-order valence-corrected chi connectivity index (χ2v) is 9.59. The highest BCUT2D eigenvalue weighted by molar-refractivity contribution is 6.07. The first-order valence-electron chi connectivity index (χ1n) is 12.4. The smallest absolute Gasteiger partial charge is 0.239 e. The summed E-state index contributed by atoms with van der Waals surface area (Å²) in [5.74, 6) is -2.20. The number of hydrogen-bond acceptors (Lipinski definition) is 6. The molecule has 8 nitrogen and oxygen atoms in total. The van der Waals surface area contributed by atoms with Crippen molar-refractivity contribution in [3.63, 3.8) is 0 Å². The van der Waals surface area contributed by atoms with E-state index in [4.69, 9.17) is 9.47 Å². The number of ether oxygens (including phenoxy) is 2. The van der Waals surface area contributed by atoms with Crippen LogP contribution in [-0.4, -0.2) is 53.8 Å². The number of imide groups is 1. The monoisotopic (exact) mass is 495 g/mol. The minimum Gasteiger partial charge on any atom is -0.488 e. The first kappa shape index (κ1) is 24.4. The number of morpholine rings is 1. The quantitative estimate of drug-likeness (QED) is 0.490. The molecule has 0 spiro atoms. The number of fused-ring (bicyclic) bond motifs is 1. The molecule has 2 fully saturated rings. The Bertz CT molecular complexity index is 1150. The largest absolute Gasteiger partial charge is 0.488 e. The minimum absolute atomic E-state index is 0.205. The number of nitrogens with one attached hydrogen (secondary N) is 1. The fourth-order valence-electron chi connectivity index (χ4n) is 4.98. The Morgan fingerprint density at radius 2 is 1.83 bits per heavy atom. The number of benzene rings is 2. The van der Waals surface area contributed by atoms with Crippen LogP contribution in [0.1, 0.15) is 41.5 Å². The van der Waals surface area contributed by atoms with Gasteiger partial charge >= 0.3 is 0 Å². The maximum Gasteiger partial charge on any atom is 0.239 e. The van der Waals surface area contributed by atoms with E-state index in [1.807, 2.05) is 12.1 Å². The predicted molar refractivity (Wildman–Crippen MR) is 128 cm³/mol. The van der Waals surface area contributed by atoms with Crippen molar-refractivity contribution >= 4 is 17.7 Å². The molecule has 0 bridgehead atoms. The second-order valence-electron chi connectivity index (χ2n) is 9.59. The first-order valence-corrected chi connectivity index (χ1v) is 12.4. The van der Waals surface area contributed by atoms with Crippen LogP contribution < -0.4 is 10.1 Å². The normalized spacial score (nSPS) is 20.6. The van der Waals surface area contributed by atoms with Crippen LogP contribution in [0.2, 0.25) is 0 Å². The lowest BCUT2D eigenvalue weighted by atomic mass is 10.0. The molecule has 36 heavy (non-hydrogen) atoms. The molecular weight excluding hydrogens is 465 g/mol. The van der Waals surface area contributed by atoms with E-state index >= 15 is 0 Å². The molecule has 1 atom stereocenters. The molecule has 2 aromatic rings. The highest BCUT2D eigenvalue weighted by Crippen LogP contribution is 2.34. The molecule has 2 saturated heterocycles. The predicted octanol–water partition coefficient (Wildman–Crippen LogP) is 2.52. The maximum absolute atomic E-state index is 14.4. The minimum atomic E-state index is -0.907. The molecule has 0 saturated carbocycles. The van der Waals surface area contributed by atoms with Gasteiger partial charge in [-0.05, 0) is 35.6 Å². The van der Waals surface area contributed by atoms with E-state index in [-0.39, 0.29) is 37.9 Å². The van der Waals surface area contributed by atoms with Crippen molar-refractivity contribution in [1.82, 2.24) is 15.1 Å². The van der Waals surface area contributed by atoms with Crippen LogP contribution in [0.4, 0.5) is 4.39 Å². The molecule has 3 heterocycles. The molecule has 0 radical (unpaired) electrons. The van der Waals surface area contributed by atoms with Gasteiger partial charge in [-0.3, -0.25) is 24.6 Å². The zero-order valence-corrected chi connectivity index (χ0v) is 20.1. The van der Waals surface area contributed by atoms with Crippen LogP contribution in [0.25, 0.3) is 0 Å². The second kappa shape index (κ2) is 10.8. The fraction of sp³-hybridized carbons (Fsp3) is 0.444. The molecule has 2 aromatic carbocycles. The van der Waals surface area contributed by atoms with Gasteiger partial charge in [0, 0.05) is 44.2 Å². The summed E-state index contributed by atoms with van der Waals surface area (Å²) in [4.78, 5) is 41.0. The van der Waals surface area contributed by atoms with E-state index < -0.39 is 17.6 Å². The molecule has 190 valence electrons. The van der Waals surface area contributed by atoms with Gasteiger partial charge in [0.2, 0.25) is 17.7 Å². The van der Waals surface area contributed by atoms with Gasteiger partial charge in [0.1, 0.15) is 24.1 Å². The number of rotatable bonds is 6. The first-order chi connectivity index (χ1) is 17.5. The lowest BCUT2D eigenvalue weighted by Crippen LogP contribution is -2.42. The zero-order valence-electron chi connectivity index (χ0n) is 20.1. The molecule has 9 heteroatoms. The summed E-state index contributed by atoms with van der Waals surface area (Å²) < 4.78 is 25.8. The highest BCUT2D eigenvalue weighted by atomic mass is 19.1. The fourth-order valence-corrected chi connectivity index (χ4v) is 4.98. The summed E-state index contributed by atoms with van der Waals surface area (Å²) in [6.07, 6.45) is 1.03. The molecule has 0 aliphatic carbocycles. The van der Waals surface area contributed by atoms with E-state index in [1.54, 1.807) is 0 Å². The lowest BCUT2D eigenvalue weighted by molar-refractivity contribution is -0.143. The van der Waals surface area contributed by atoms with Gasteiger partial charge in [-0.2, -0.15) is 0 Å². The Morgan fingerprint density at radius 3 is 2.61 bits per heavy atom. The standard InChI is InChI=1S/C27H30FN3O5/c28-21-12-20-15-31(27(34)22-2-1-3-25(32)29-26(22)33)16-23(20)24(13-21)36-17-19-6-4-18(5-7-19)14-30-8-10-35-11-9-30/h4-7,12-13,22H,1-3,8-11,14-17H2,(H,29,32,33)/t22-/m0/s1. The Balaban J connectivity index is 1.22. The van der Waals surface area contributed by atoms with E-state index in [9.17, 15) is 18.8 Å². The average Bonchev–Trinajstić information content (AvgIpc) is 3.22. The topological polar surface area (TPSA) is 88.2 Å². The van der Waals surface area contributed by atoms with Crippen molar-refractivity contribution in [3.8, 4) is 5.75 Å². The van der Waals surface area contributed by atoms with Crippen LogP contribution in [0.3, 0.4) is 0 Å². The van der Waals surface area contributed by atoms with Gasteiger partial charge in [-0.1, -0.05) is 24.3 Å². The molecule has 3 aliphatic heterocycles. The van der Waals surface area contributed by atoms with E-state index in [0.29, 0.717) is 24.2 Å². The summed E-state index contributed by atoms with van der Waals surface area (Å²) in [7, 11) is 0. The van der Waals surface area contributed by atoms with Gasteiger partial charge in [0.25, 0.3) is 0 Å². The molecule has 0 aromatic heterocycles. The van der Waals surface area contributed by atoms with Gasteiger partial charge in [0.15, 0.2) is 0 Å². The summed E-state index contributed by atoms with van der Waals surface area (Å²) in [5, 5.41) is 2.28. The molecule has 1 N–H and O–H groups in total. The SMILES string of the molecule is O=C1CCC[C@H](C(=O)N2Cc3cc(F)cc(OCc4ccc(CN5CCOCC5)cc4)c3C2)C(=O)N1. The maximum atomic E-state index is 14.4. The van der Waals surface area contributed by atoms with Crippen LogP contribution >= 0.6 is 0 Å². The summed E-state index contributed by atoms with van der Waals surface area (Å²) in [5.41, 5.74) is 3.60. The number of halogens is 1. The van der Waals surface area contributed by atoms with E-state index in [1.165, 1.54) is 22.6 Å². The molecular formula is C27H30FN3O5. The Morgan fingerprint density at radius 1 is 1.08 bits per heavy atom. The Hall–Kier alpha value is -3.30. The van der Waals surface area contributed by atoms with E-state index in [2.05, 4.69) is 22.3 Å². The third kappa shape index (κ3) is 5.57. The van der Waals surface area contributed by atoms with Crippen LogP contribution in [-0.2, 0) is 45.4 Å². The lowest BCUT2D eigenvalue weighted by Gasteiger charge is -2.26. The van der Waals surface area contributed by atoms with Gasteiger partial charge in [-0.25, -0.2) is 4.39 Å². The van der Waals surface area contributed by atoms with Crippen LogP contribution in [0, 0.1) is 11.7 Å². The third-order valence-electron chi connectivity index (χ3n) is 6.99. The number of carbonyl (C=O) groups is 3. The van der Waals surface area contributed by atoms with Crippen molar-refractivity contribution < 1.29 is 28.2 Å². The van der Waals surface area contributed by atoms with Gasteiger partial charge in [-0.15, -0.1) is 0 Å². The van der Waals surface area contributed by atoms with Gasteiger partial charge in [0.05, 0.1) is 19.8 Å². The number of hydrogen-bond donors (Lipinski definition) is 1. The van der Waals surface area contributed by atoms with Crippen molar-refractivity contribution in [3.05, 3.63) is 64.5 Å². The average molecular weight is 496 g/mol. The Kier molecular flexibility index (Phi) is 7.29. The van der Waals surface area contributed by atoms with E-state index in [0.717, 1.165) is 44.0 Å². The molecule has 5 rings (SSSR count). The zero-order chi connectivity index (χ0) is 25.1. The third-order valence-corrected chi connectivity index (χ3v) is 6.99. The summed E-state index contributed by atoms with van der Waals surface area (Å²) in [6.45, 7) is 4.97. The Labute approximate surface area is 209 Å². The van der Waals surface area contributed by atoms with Crippen LogP contribution in [0.15, 0.2) is 36.4 Å².